The zero-order valence-corrected chi connectivity index (χ0v) is 12.4. The lowest BCUT2D eigenvalue weighted by atomic mass is 10.3. The van der Waals surface area contributed by atoms with Crippen molar-refractivity contribution in [3.05, 3.63) is 46.3 Å². The molecule has 0 spiro atoms. The summed E-state index contributed by atoms with van der Waals surface area (Å²) in [6.07, 6.45) is 3.38. The van der Waals surface area contributed by atoms with Gasteiger partial charge in [-0.05, 0) is 52.9 Å². The van der Waals surface area contributed by atoms with Crippen LogP contribution in [0.3, 0.4) is 0 Å². The van der Waals surface area contributed by atoms with Gasteiger partial charge in [0.25, 0.3) is 5.95 Å². The van der Waals surface area contributed by atoms with Gasteiger partial charge in [-0.1, -0.05) is 0 Å². The Labute approximate surface area is 128 Å². The van der Waals surface area contributed by atoms with Crippen molar-refractivity contribution in [2.45, 2.75) is 0 Å². The number of nitrogen functional groups attached to an aromatic ring is 1. The lowest BCUT2D eigenvalue weighted by Crippen LogP contribution is -2.09. The molecule has 0 bridgehead atoms. The monoisotopic (exact) mass is 379 g/mol. The molecule has 3 N–H and O–H groups in total. The molecule has 8 heteroatoms. The molecule has 0 aliphatic rings. The number of nitrogens with two attached hydrogens (primary N) is 1. The van der Waals surface area contributed by atoms with Crippen LogP contribution in [0.4, 0.5) is 17.6 Å². The third-order valence-electron chi connectivity index (χ3n) is 2.45. The smallest absolute Gasteiger partial charge is 0.257 e. The van der Waals surface area contributed by atoms with E-state index >= 15 is 0 Å². The predicted octanol–water partition coefficient (Wildman–Crippen LogP) is 1.99. The molecule has 3 rings (SSSR count). The molecular formula is C12H10IN7. The topological polar surface area (TPSA) is 94.5 Å². The van der Waals surface area contributed by atoms with Gasteiger partial charge in [0.1, 0.15) is 0 Å². The van der Waals surface area contributed by atoms with E-state index in [1.807, 2.05) is 24.3 Å². The molecule has 2 aromatic heterocycles. The van der Waals surface area contributed by atoms with E-state index in [1.165, 1.54) is 4.68 Å². The fraction of sp³-hybridized carbons (Fsp3) is 0. The van der Waals surface area contributed by atoms with Crippen LogP contribution in [0.1, 0.15) is 0 Å². The van der Waals surface area contributed by atoms with Gasteiger partial charge in [0, 0.05) is 21.7 Å². The van der Waals surface area contributed by atoms with Crippen LogP contribution >= 0.6 is 22.6 Å². The van der Waals surface area contributed by atoms with E-state index in [-0.39, 0.29) is 5.95 Å². The van der Waals surface area contributed by atoms with E-state index < -0.39 is 0 Å². The summed E-state index contributed by atoms with van der Waals surface area (Å²) >= 11 is 2.24. The molecule has 0 aliphatic carbocycles. The Morgan fingerprint density at radius 2 is 1.90 bits per heavy atom. The van der Waals surface area contributed by atoms with E-state index in [0.29, 0.717) is 11.9 Å². The first-order valence-electron chi connectivity index (χ1n) is 5.75. The second kappa shape index (κ2) is 5.41. The van der Waals surface area contributed by atoms with Crippen molar-refractivity contribution in [3.63, 3.8) is 0 Å². The number of nitrogens with zero attached hydrogens (tertiary/aromatic N) is 5. The van der Waals surface area contributed by atoms with Crippen LogP contribution in [0.2, 0.25) is 0 Å². The van der Waals surface area contributed by atoms with Crippen LogP contribution in [-0.4, -0.2) is 24.7 Å². The van der Waals surface area contributed by atoms with Crippen LogP contribution in [0.15, 0.2) is 42.7 Å². The third kappa shape index (κ3) is 2.85. The van der Waals surface area contributed by atoms with Crippen molar-refractivity contribution in [3.8, 4) is 5.95 Å². The fourth-order valence-corrected chi connectivity index (χ4v) is 1.95. The van der Waals surface area contributed by atoms with Crippen LogP contribution in [0.25, 0.3) is 5.95 Å². The maximum Gasteiger partial charge on any atom is 0.257 e. The van der Waals surface area contributed by atoms with E-state index in [0.717, 1.165) is 9.26 Å². The Balaban J connectivity index is 1.92. The number of hydrogen-bond acceptors (Lipinski definition) is 6. The molecule has 0 amide bonds. The van der Waals surface area contributed by atoms with Crippen LogP contribution in [0.5, 0.6) is 0 Å². The summed E-state index contributed by atoms with van der Waals surface area (Å²) in [5.41, 5.74) is 6.58. The maximum absolute atomic E-state index is 5.70. The van der Waals surface area contributed by atoms with Crippen molar-refractivity contribution in [1.82, 2.24) is 24.7 Å². The van der Waals surface area contributed by atoms with E-state index in [2.05, 4.69) is 48.0 Å². The SMILES string of the molecule is Nc1nc(Nc2ccc(I)cc2)nc(-n2cccn2)n1. The summed E-state index contributed by atoms with van der Waals surface area (Å²) in [6, 6.07) is 9.64. The second-order valence-electron chi connectivity index (χ2n) is 3.90. The first kappa shape index (κ1) is 12.8. The van der Waals surface area contributed by atoms with Gasteiger partial charge in [-0.25, -0.2) is 4.68 Å². The van der Waals surface area contributed by atoms with Crippen molar-refractivity contribution in [1.29, 1.82) is 0 Å². The highest BCUT2D eigenvalue weighted by Gasteiger charge is 2.06. The second-order valence-corrected chi connectivity index (χ2v) is 5.15. The van der Waals surface area contributed by atoms with Crippen molar-refractivity contribution in [2.75, 3.05) is 11.1 Å². The first-order chi connectivity index (χ1) is 9.70. The quantitative estimate of drug-likeness (QED) is 0.676. The van der Waals surface area contributed by atoms with Crippen LogP contribution < -0.4 is 11.1 Å². The summed E-state index contributed by atoms with van der Waals surface area (Å²) in [5, 5.41) is 7.15. The van der Waals surface area contributed by atoms with Gasteiger partial charge in [-0.15, -0.1) is 0 Å². The Bertz CT molecular complexity index is 709. The van der Waals surface area contributed by atoms with Gasteiger partial charge in [-0.3, -0.25) is 0 Å². The van der Waals surface area contributed by atoms with Crippen LogP contribution in [0, 0.1) is 3.57 Å². The molecule has 0 unspecified atom stereocenters. The van der Waals surface area contributed by atoms with Gasteiger partial charge in [-0.2, -0.15) is 20.1 Å². The molecule has 0 fully saturated rings. The van der Waals surface area contributed by atoms with Crippen LogP contribution in [-0.2, 0) is 0 Å². The summed E-state index contributed by atoms with van der Waals surface area (Å²) in [6.45, 7) is 0. The number of halogens is 1. The lowest BCUT2D eigenvalue weighted by Gasteiger charge is -2.07. The highest BCUT2D eigenvalue weighted by Crippen LogP contribution is 2.16. The van der Waals surface area contributed by atoms with Gasteiger partial charge in [0.05, 0.1) is 0 Å². The Morgan fingerprint density at radius 3 is 2.60 bits per heavy atom. The van der Waals surface area contributed by atoms with Gasteiger partial charge in [0.2, 0.25) is 11.9 Å². The van der Waals surface area contributed by atoms with E-state index in [9.17, 15) is 0 Å². The number of nitrogens with one attached hydrogen (secondary N) is 1. The highest BCUT2D eigenvalue weighted by molar-refractivity contribution is 14.1. The molecular weight excluding hydrogens is 369 g/mol. The number of hydrogen-bond donors (Lipinski definition) is 2. The molecule has 0 saturated carbocycles. The largest absolute Gasteiger partial charge is 0.368 e. The Kier molecular flexibility index (Phi) is 3.46. The molecule has 1 aromatic carbocycles. The van der Waals surface area contributed by atoms with Gasteiger partial charge in [0.15, 0.2) is 0 Å². The summed E-state index contributed by atoms with van der Waals surface area (Å²) in [4.78, 5) is 12.4. The fourth-order valence-electron chi connectivity index (χ4n) is 1.59. The number of anilines is 3. The summed E-state index contributed by atoms with van der Waals surface area (Å²) in [7, 11) is 0. The Morgan fingerprint density at radius 1 is 1.10 bits per heavy atom. The molecule has 0 aliphatic heterocycles. The maximum atomic E-state index is 5.70. The summed E-state index contributed by atoms with van der Waals surface area (Å²) in [5.74, 6) is 0.887. The first-order valence-corrected chi connectivity index (χ1v) is 6.83. The molecule has 0 saturated heterocycles. The van der Waals surface area contributed by atoms with Gasteiger partial charge < -0.3 is 11.1 Å². The average molecular weight is 379 g/mol. The lowest BCUT2D eigenvalue weighted by molar-refractivity contribution is 0.801. The molecule has 3 aromatic rings. The number of benzene rings is 1. The van der Waals surface area contributed by atoms with Crippen molar-refractivity contribution in [2.24, 2.45) is 0 Å². The van der Waals surface area contributed by atoms with Crippen molar-refractivity contribution < 1.29 is 0 Å². The number of rotatable bonds is 3. The minimum absolute atomic E-state index is 0.138. The molecule has 0 atom stereocenters. The normalized spacial score (nSPS) is 10.4. The summed E-state index contributed by atoms with van der Waals surface area (Å²) < 4.78 is 2.68. The predicted molar refractivity (Wildman–Crippen MR) is 83.8 cm³/mol. The van der Waals surface area contributed by atoms with E-state index in [4.69, 9.17) is 5.73 Å². The minimum atomic E-state index is 0.138. The minimum Gasteiger partial charge on any atom is -0.368 e. The van der Waals surface area contributed by atoms with Gasteiger partial charge >= 0.3 is 0 Å². The Hall–Kier alpha value is -2.23. The number of aromatic nitrogens is 5. The average Bonchev–Trinajstić information content (AvgIpc) is 2.95. The van der Waals surface area contributed by atoms with Crippen molar-refractivity contribution >= 4 is 40.2 Å². The molecule has 20 heavy (non-hydrogen) atoms. The molecule has 7 nitrogen and oxygen atoms in total. The third-order valence-corrected chi connectivity index (χ3v) is 3.17. The van der Waals surface area contributed by atoms with E-state index in [1.54, 1.807) is 18.5 Å². The highest BCUT2D eigenvalue weighted by atomic mass is 127. The molecule has 100 valence electrons. The zero-order chi connectivity index (χ0) is 13.9. The zero-order valence-electron chi connectivity index (χ0n) is 10.2. The molecule has 0 radical (unpaired) electrons. The standard InChI is InChI=1S/C12H10IN7/c13-8-2-4-9(5-3-8)16-11-17-10(14)18-12(19-11)20-7-1-6-15-20/h1-7H,(H3,14,16,17,18,19). The molecule has 2 heterocycles.